The lowest BCUT2D eigenvalue weighted by atomic mass is 10.1. The summed E-state index contributed by atoms with van der Waals surface area (Å²) in [6.45, 7) is -0.243. The van der Waals surface area contributed by atoms with Gasteiger partial charge in [0, 0.05) is 11.8 Å². The molecule has 1 atom stereocenters. The van der Waals surface area contributed by atoms with Crippen molar-refractivity contribution in [3.05, 3.63) is 78.4 Å². The van der Waals surface area contributed by atoms with E-state index in [4.69, 9.17) is 4.74 Å². The van der Waals surface area contributed by atoms with E-state index in [-0.39, 0.29) is 13.0 Å². The second kappa shape index (κ2) is 8.16. The molecule has 3 aromatic rings. The van der Waals surface area contributed by atoms with Gasteiger partial charge in [0.25, 0.3) is 5.91 Å². The molecule has 1 unspecified atom stereocenters. The van der Waals surface area contributed by atoms with Crippen LogP contribution in [0.3, 0.4) is 0 Å². The van der Waals surface area contributed by atoms with Gasteiger partial charge in [-0.3, -0.25) is 4.79 Å². The highest BCUT2D eigenvalue weighted by molar-refractivity contribution is 5.89. The molecule has 132 valence electrons. The minimum Gasteiger partial charge on any atom is -0.483 e. The zero-order valence-electron chi connectivity index (χ0n) is 14.1. The molecule has 0 saturated heterocycles. The summed E-state index contributed by atoms with van der Waals surface area (Å²) in [5.41, 5.74) is 0.843. The Hall–Kier alpha value is -3.34. The quantitative estimate of drug-likeness (QED) is 0.687. The van der Waals surface area contributed by atoms with Gasteiger partial charge in [-0.25, -0.2) is 4.79 Å². The molecule has 5 nitrogen and oxygen atoms in total. The Kier molecular flexibility index (Phi) is 5.49. The van der Waals surface area contributed by atoms with E-state index in [0.29, 0.717) is 5.75 Å². The number of fused-ring (bicyclic) bond motifs is 1. The van der Waals surface area contributed by atoms with Crippen molar-refractivity contribution in [2.75, 3.05) is 6.61 Å². The lowest BCUT2D eigenvalue weighted by Gasteiger charge is -2.15. The first-order chi connectivity index (χ1) is 12.6. The predicted octanol–water partition coefficient (Wildman–Crippen LogP) is 3.03. The number of carbonyl (C=O) groups excluding carboxylic acids is 1. The number of hydrogen-bond acceptors (Lipinski definition) is 3. The van der Waals surface area contributed by atoms with Crippen LogP contribution >= 0.6 is 0 Å². The monoisotopic (exact) mass is 349 g/mol. The molecule has 0 aliphatic carbocycles. The lowest BCUT2D eigenvalue weighted by Crippen LogP contribution is -2.44. The van der Waals surface area contributed by atoms with E-state index >= 15 is 0 Å². The zero-order chi connectivity index (χ0) is 18.4. The van der Waals surface area contributed by atoms with E-state index in [1.165, 1.54) is 0 Å². The maximum absolute atomic E-state index is 12.2. The first-order valence-corrected chi connectivity index (χ1v) is 8.30. The molecule has 0 aromatic heterocycles. The van der Waals surface area contributed by atoms with Crippen LogP contribution in [0.15, 0.2) is 72.8 Å². The first-order valence-electron chi connectivity index (χ1n) is 8.30. The topological polar surface area (TPSA) is 75.6 Å². The second-order valence-corrected chi connectivity index (χ2v) is 5.91. The normalized spacial score (nSPS) is 11.7. The zero-order valence-corrected chi connectivity index (χ0v) is 14.1. The molecule has 3 aromatic carbocycles. The third-order valence-electron chi connectivity index (χ3n) is 4.02. The van der Waals surface area contributed by atoms with Gasteiger partial charge in [0.2, 0.25) is 0 Å². The van der Waals surface area contributed by atoms with Gasteiger partial charge in [-0.15, -0.1) is 0 Å². The summed E-state index contributed by atoms with van der Waals surface area (Å²) in [6.07, 6.45) is 0.218. The number of hydrogen-bond donors (Lipinski definition) is 2. The van der Waals surface area contributed by atoms with Crippen molar-refractivity contribution in [3.63, 3.8) is 0 Å². The fourth-order valence-electron chi connectivity index (χ4n) is 2.75. The predicted molar refractivity (Wildman–Crippen MR) is 99.2 cm³/mol. The van der Waals surface area contributed by atoms with E-state index in [1.54, 1.807) is 6.07 Å². The Labute approximate surface area is 151 Å². The summed E-state index contributed by atoms with van der Waals surface area (Å²) in [4.78, 5) is 23.6. The number of carbonyl (C=O) groups is 2. The fraction of sp³-hybridized carbons (Fsp3) is 0.143. The molecule has 1 amide bonds. The average molecular weight is 349 g/mol. The van der Waals surface area contributed by atoms with Crippen LogP contribution in [0, 0.1) is 0 Å². The number of nitrogens with one attached hydrogen (secondary N) is 1. The molecule has 0 radical (unpaired) electrons. The SMILES string of the molecule is O=C(COc1cccc2ccccc12)NC(Cc1ccccc1)C(=O)O. The summed E-state index contributed by atoms with van der Waals surface area (Å²) in [5.74, 6) is -0.957. The molecule has 26 heavy (non-hydrogen) atoms. The second-order valence-electron chi connectivity index (χ2n) is 5.91. The van der Waals surface area contributed by atoms with Crippen molar-refractivity contribution < 1.29 is 19.4 Å². The van der Waals surface area contributed by atoms with Gasteiger partial charge in [-0.05, 0) is 17.0 Å². The Morgan fingerprint density at radius 2 is 1.62 bits per heavy atom. The smallest absolute Gasteiger partial charge is 0.326 e. The van der Waals surface area contributed by atoms with Crippen molar-refractivity contribution in [3.8, 4) is 5.75 Å². The van der Waals surface area contributed by atoms with E-state index in [0.717, 1.165) is 16.3 Å². The summed E-state index contributed by atoms with van der Waals surface area (Å²) < 4.78 is 5.61. The Bertz CT molecular complexity index is 903. The van der Waals surface area contributed by atoms with Crippen LogP contribution in [0.4, 0.5) is 0 Å². The highest BCUT2D eigenvalue weighted by atomic mass is 16.5. The van der Waals surface area contributed by atoms with Crippen LogP contribution in [0.5, 0.6) is 5.75 Å². The molecular weight excluding hydrogens is 330 g/mol. The summed E-state index contributed by atoms with van der Waals surface area (Å²) in [6, 6.07) is 21.5. The van der Waals surface area contributed by atoms with E-state index in [2.05, 4.69) is 5.32 Å². The highest BCUT2D eigenvalue weighted by Gasteiger charge is 2.20. The number of carboxylic acid groups (broad SMARTS) is 1. The van der Waals surface area contributed by atoms with E-state index in [1.807, 2.05) is 66.7 Å². The first kappa shape index (κ1) is 17.5. The molecule has 2 N–H and O–H groups in total. The molecule has 3 rings (SSSR count). The molecule has 0 heterocycles. The van der Waals surface area contributed by atoms with Crippen molar-refractivity contribution in [2.45, 2.75) is 12.5 Å². The highest BCUT2D eigenvalue weighted by Crippen LogP contribution is 2.24. The van der Waals surface area contributed by atoms with Crippen LogP contribution in [0.2, 0.25) is 0 Å². The van der Waals surface area contributed by atoms with Crippen LogP contribution in [-0.4, -0.2) is 29.6 Å². The van der Waals surface area contributed by atoms with Crippen LogP contribution in [0.1, 0.15) is 5.56 Å². The summed E-state index contributed by atoms with van der Waals surface area (Å²) in [5, 5.41) is 13.8. The number of ether oxygens (including phenoxy) is 1. The van der Waals surface area contributed by atoms with Crippen molar-refractivity contribution in [1.82, 2.24) is 5.32 Å². The van der Waals surface area contributed by atoms with Crippen molar-refractivity contribution in [1.29, 1.82) is 0 Å². The average Bonchev–Trinajstić information content (AvgIpc) is 2.66. The maximum Gasteiger partial charge on any atom is 0.326 e. The molecule has 0 aliphatic heterocycles. The van der Waals surface area contributed by atoms with E-state index in [9.17, 15) is 14.7 Å². The molecule has 0 bridgehead atoms. The fourth-order valence-corrected chi connectivity index (χ4v) is 2.75. The van der Waals surface area contributed by atoms with Gasteiger partial charge < -0.3 is 15.2 Å². The Morgan fingerprint density at radius 3 is 2.38 bits per heavy atom. The number of amides is 1. The molecule has 0 aliphatic rings. The van der Waals surface area contributed by atoms with E-state index < -0.39 is 17.9 Å². The minimum absolute atomic E-state index is 0.218. The third-order valence-corrected chi connectivity index (χ3v) is 4.02. The van der Waals surface area contributed by atoms with Crippen LogP contribution < -0.4 is 10.1 Å². The number of rotatable bonds is 7. The number of carboxylic acids is 1. The van der Waals surface area contributed by atoms with Gasteiger partial charge in [-0.2, -0.15) is 0 Å². The van der Waals surface area contributed by atoms with Crippen molar-refractivity contribution >= 4 is 22.6 Å². The number of aliphatic carboxylic acids is 1. The number of benzene rings is 3. The van der Waals surface area contributed by atoms with Gasteiger partial charge in [0.05, 0.1) is 0 Å². The Morgan fingerprint density at radius 1 is 0.923 bits per heavy atom. The summed E-state index contributed by atoms with van der Waals surface area (Å²) in [7, 11) is 0. The van der Waals surface area contributed by atoms with Gasteiger partial charge in [0.1, 0.15) is 11.8 Å². The third kappa shape index (κ3) is 4.39. The van der Waals surface area contributed by atoms with Gasteiger partial charge >= 0.3 is 5.97 Å². The van der Waals surface area contributed by atoms with Crippen LogP contribution in [-0.2, 0) is 16.0 Å². The molecular formula is C21H19NO4. The molecule has 0 spiro atoms. The van der Waals surface area contributed by atoms with Crippen molar-refractivity contribution in [2.24, 2.45) is 0 Å². The van der Waals surface area contributed by atoms with Gasteiger partial charge in [-0.1, -0.05) is 66.7 Å². The standard InChI is InChI=1S/C21H19NO4/c23-20(22-18(21(24)25)13-15-7-2-1-3-8-15)14-26-19-12-6-10-16-9-4-5-11-17(16)19/h1-12,18H,13-14H2,(H,22,23)(H,24,25). The molecule has 5 heteroatoms. The Balaban J connectivity index is 1.62. The maximum atomic E-state index is 12.2. The van der Waals surface area contributed by atoms with Gasteiger partial charge in [0.15, 0.2) is 6.61 Å². The molecule has 0 fully saturated rings. The molecule has 0 saturated carbocycles. The van der Waals surface area contributed by atoms with Crippen LogP contribution in [0.25, 0.3) is 10.8 Å². The lowest BCUT2D eigenvalue weighted by molar-refractivity contribution is -0.142. The largest absolute Gasteiger partial charge is 0.483 e. The summed E-state index contributed by atoms with van der Waals surface area (Å²) >= 11 is 0. The minimum atomic E-state index is -1.08.